The van der Waals surface area contributed by atoms with Crippen molar-refractivity contribution in [3.8, 4) is 0 Å². The van der Waals surface area contributed by atoms with Crippen LogP contribution in [0, 0.1) is 0 Å². The smallest absolute Gasteiger partial charge is 0.195 e. The molecule has 1 rings (SSSR count). The number of benzene rings is 1. The van der Waals surface area contributed by atoms with Crippen molar-refractivity contribution in [3.63, 3.8) is 0 Å². The zero-order valence-corrected chi connectivity index (χ0v) is 13.9. The number of guanidine groups is 1. The van der Waals surface area contributed by atoms with Gasteiger partial charge in [0.2, 0.25) is 0 Å². The Labute approximate surface area is 123 Å². The number of hydrogen-bond acceptors (Lipinski definition) is 2. The van der Waals surface area contributed by atoms with E-state index in [2.05, 4.69) is 50.1 Å². The van der Waals surface area contributed by atoms with E-state index in [9.17, 15) is 0 Å². The second-order valence-corrected chi connectivity index (χ2v) is 5.74. The SMILES string of the molecule is CC(C)N(C)c1ccccc1CN=C(N(C)C)N(C)C. The van der Waals surface area contributed by atoms with Gasteiger partial charge in [-0.25, -0.2) is 4.99 Å². The second-order valence-electron chi connectivity index (χ2n) is 5.74. The molecule has 0 heterocycles. The number of para-hydroxylation sites is 1. The molecular weight excluding hydrogens is 248 g/mol. The lowest BCUT2D eigenvalue weighted by atomic mass is 10.1. The fourth-order valence-corrected chi connectivity index (χ4v) is 2.11. The predicted molar refractivity (Wildman–Crippen MR) is 88.5 cm³/mol. The summed E-state index contributed by atoms with van der Waals surface area (Å²) in [5, 5.41) is 0. The van der Waals surface area contributed by atoms with Gasteiger partial charge in [-0.05, 0) is 25.5 Å². The Morgan fingerprint density at radius 3 is 2.05 bits per heavy atom. The van der Waals surface area contributed by atoms with Crippen LogP contribution >= 0.6 is 0 Å². The maximum atomic E-state index is 4.74. The lowest BCUT2D eigenvalue weighted by molar-refractivity contribution is 0.479. The molecule has 0 N–H and O–H groups in total. The molecule has 0 aromatic heterocycles. The summed E-state index contributed by atoms with van der Waals surface area (Å²) < 4.78 is 0. The number of nitrogens with zero attached hydrogens (tertiary/aromatic N) is 4. The Hall–Kier alpha value is -1.71. The van der Waals surface area contributed by atoms with Crippen LogP contribution in [0.2, 0.25) is 0 Å². The monoisotopic (exact) mass is 276 g/mol. The van der Waals surface area contributed by atoms with E-state index in [-0.39, 0.29) is 0 Å². The molecule has 0 amide bonds. The third-order valence-corrected chi connectivity index (χ3v) is 3.34. The summed E-state index contributed by atoms with van der Waals surface area (Å²) in [6.45, 7) is 5.09. The Balaban J connectivity index is 3.01. The first kappa shape index (κ1) is 16.3. The first-order valence-corrected chi connectivity index (χ1v) is 7.04. The fourth-order valence-electron chi connectivity index (χ4n) is 2.11. The van der Waals surface area contributed by atoms with Gasteiger partial charge in [0.1, 0.15) is 0 Å². The van der Waals surface area contributed by atoms with Gasteiger partial charge in [0, 0.05) is 47.0 Å². The van der Waals surface area contributed by atoms with Crippen molar-refractivity contribution in [2.75, 3.05) is 40.1 Å². The maximum Gasteiger partial charge on any atom is 0.195 e. The first-order valence-electron chi connectivity index (χ1n) is 7.04. The largest absolute Gasteiger partial charge is 0.372 e. The molecule has 0 unspecified atom stereocenters. The molecule has 0 saturated carbocycles. The zero-order valence-electron chi connectivity index (χ0n) is 13.9. The second kappa shape index (κ2) is 7.17. The highest BCUT2D eigenvalue weighted by Gasteiger charge is 2.10. The Bertz CT molecular complexity index is 440. The van der Waals surface area contributed by atoms with Crippen LogP contribution in [-0.2, 0) is 6.54 Å². The van der Waals surface area contributed by atoms with E-state index in [1.807, 2.05) is 38.0 Å². The van der Waals surface area contributed by atoms with Crippen LogP contribution in [0.5, 0.6) is 0 Å². The van der Waals surface area contributed by atoms with Gasteiger partial charge in [0.25, 0.3) is 0 Å². The van der Waals surface area contributed by atoms with Crippen LogP contribution in [-0.4, -0.2) is 57.0 Å². The van der Waals surface area contributed by atoms with E-state index < -0.39 is 0 Å². The highest BCUT2D eigenvalue weighted by atomic mass is 15.3. The van der Waals surface area contributed by atoms with Crippen LogP contribution in [0.25, 0.3) is 0 Å². The van der Waals surface area contributed by atoms with Crippen molar-refractivity contribution >= 4 is 11.6 Å². The number of hydrogen-bond donors (Lipinski definition) is 0. The van der Waals surface area contributed by atoms with Crippen LogP contribution in [0.3, 0.4) is 0 Å². The minimum atomic E-state index is 0.474. The van der Waals surface area contributed by atoms with Crippen molar-refractivity contribution in [3.05, 3.63) is 29.8 Å². The molecule has 0 spiro atoms. The molecule has 4 nitrogen and oxygen atoms in total. The summed E-state index contributed by atoms with van der Waals surface area (Å²) in [4.78, 5) is 11.1. The standard InChI is InChI=1S/C16H28N4/c1-13(2)20(7)15-11-9-8-10-14(15)12-17-16(18(3)4)19(5)6/h8-11,13H,12H2,1-7H3. The molecule has 0 aliphatic carbocycles. The minimum Gasteiger partial charge on any atom is -0.372 e. The zero-order chi connectivity index (χ0) is 15.3. The van der Waals surface area contributed by atoms with Crippen LogP contribution in [0.4, 0.5) is 5.69 Å². The quantitative estimate of drug-likeness (QED) is 0.623. The van der Waals surface area contributed by atoms with Crippen LogP contribution < -0.4 is 4.90 Å². The summed E-state index contributed by atoms with van der Waals surface area (Å²) >= 11 is 0. The third-order valence-electron chi connectivity index (χ3n) is 3.34. The van der Waals surface area contributed by atoms with Crippen molar-refractivity contribution in [1.29, 1.82) is 0 Å². The molecule has 0 saturated heterocycles. The average Bonchev–Trinajstić information content (AvgIpc) is 2.37. The lowest BCUT2D eigenvalue weighted by Crippen LogP contribution is -2.35. The van der Waals surface area contributed by atoms with E-state index in [1.54, 1.807) is 0 Å². The minimum absolute atomic E-state index is 0.474. The molecule has 1 aromatic rings. The molecule has 1 aromatic carbocycles. The molecule has 0 aliphatic heterocycles. The van der Waals surface area contributed by atoms with Gasteiger partial charge < -0.3 is 14.7 Å². The molecule has 0 bridgehead atoms. The van der Waals surface area contributed by atoms with E-state index >= 15 is 0 Å². The Kier molecular flexibility index (Phi) is 5.86. The maximum absolute atomic E-state index is 4.74. The molecule has 0 aliphatic rings. The summed E-state index contributed by atoms with van der Waals surface area (Å²) in [7, 11) is 10.2. The van der Waals surface area contributed by atoms with Crippen molar-refractivity contribution < 1.29 is 0 Å². The van der Waals surface area contributed by atoms with Gasteiger partial charge in [0.05, 0.1) is 6.54 Å². The molecule has 20 heavy (non-hydrogen) atoms. The molecule has 0 fully saturated rings. The van der Waals surface area contributed by atoms with Gasteiger partial charge in [-0.2, -0.15) is 0 Å². The predicted octanol–water partition coefficient (Wildman–Crippen LogP) is 2.51. The summed E-state index contributed by atoms with van der Waals surface area (Å²) in [6, 6.07) is 8.95. The number of anilines is 1. The van der Waals surface area contributed by atoms with Crippen molar-refractivity contribution in [1.82, 2.24) is 9.80 Å². The molecule has 0 radical (unpaired) electrons. The average molecular weight is 276 g/mol. The van der Waals surface area contributed by atoms with Crippen molar-refractivity contribution in [2.24, 2.45) is 4.99 Å². The van der Waals surface area contributed by atoms with Gasteiger partial charge in [-0.1, -0.05) is 18.2 Å². The van der Waals surface area contributed by atoms with Crippen LogP contribution in [0.1, 0.15) is 19.4 Å². The van der Waals surface area contributed by atoms with Gasteiger partial charge in [-0.3, -0.25) is 0 Å². The van der Waals surface area contributed by atoms with Gasteiger partial charge >= 0.3 is 0 Å². The fraction of sp³-hybridized carbons (Fsp3) is 0.562. The molecule has 4 heteroatoms. The first-order chi connectivity index (χ1) is 9.34. The topological polar surface area (TPSA) is 22.1 Å². The van der Waals surface area contributed by atoms with E-state index in [4.69, 9.17) is 4.99 Å². The molecule has 0 atom stereocenters. The summed E-state index contributed by atoms with van der Waals surface area (Å²) in [6.07, 6.45) is 0. The highest BCUT2D eigenvalue weighted by Crippen LogP contribution is 2.21. The number of aliphatic imine (C=N–C) groups is 1. The number of rotatable bonds is 4. The van der Waals surface area contributed by atoms with E-state index in [0.29, 0.717) is 12.6 Å². The summed E-state index contributed by atoms with van der Waals surface area (Å²) in [5.41, 5.74) is 2.51. The van der Waals surface area contributed by atoms with E-state index in [0.717, 1.165) is 5.96 Å². The molecular formula is C16H28N4. The van der Waals surface area contributed by atoms with Crippen molar-refractivity contribution in [2.45, 2.75) is 26.4 Å². The normalized spacial score (nSPS) is 10.4. The lowest BCUT2D eigenvalue weighted by Gasteiger charge is -2.27. The van der Waals surface area contributed by atoms with Gasteiger partial charge in [0.15, 0.2) is 5.96 Å². The molecule has 112 valence electrons. The van der Waals surface area contributed by atoms with Crippen LogP contribution in [0.15, 0.2) is 29.3 Å². The van der Waals surface area contributed by atoms with E-state index in [1.165, 1.54) is 11.3 Å². The highest BCUT2D eigenvalue weighted by molar-refractivity contribution is 5.79. The van der Waals surface area contributed by atoms with Gasteiger partial charge in [-0.15, -0.1) is 0 Å². The third kappa shape index (κ3) is 4.15. The Morgan fingerprint density at radius 1 is 1.00 bits per heavy atom. The summed E-state index contributed by atoms with van der Waals surface area (Å²) in [5.74, 6) is 0.979. The Morgan fingerprint density at radius 2 is 1.55 bits per heavy atom.